The number of esters is 1. The van der Waals surface area contributed by atoms with Gasteiger partial charge in [-0.05, 0) is 109 Å². The Morgan fingerprint density at radius 1 is 0.693 bits per heavy atom. The molecule has 0 fully saturated rings. The summed E-state index contributed by atoms with van der Waals surface area (Å²) in [6.45, 7) is 30.2. The van der Waals surface area contributed by atoms with Crippen LogP contribution in [0.25, 0.3) is 0 Å². The van der Waals surface area contributed by atoms with E-state index in [1.807, 2.05) is 62.4 Å². The smallest absolute Gasteiger partial charge is 0.337 e. The molecule has 0 spiro atoms. The van der Waals surface area contributed by atoms with E-state index >= 15 is 0 Å². The van der Waals surface area contributed by atoms with E-state index in [4.69, 9.17) is 51.5 Å². The highest BCUT2D eigenvalue weighted by Crippen LogP contribution is 2.43. The van der Waals surface area contributed by atoms with Crippen molar-refractivity contribution < 1.29 is 61.4 Å². The van der Waals surface area contributed by atoms with Gasteiger partial charge in [0.05, 0.1) is 70.5 Å². The molecule has 0 heterocycles. The van der Waals surface area contributed by atoms with Gasteiger partial charge in [0.25, 0.3) is 0 Å². The SMILES string of the molecule is CC[C@@H](/C=C(/C)[C@H](C[C@H](C[C@H](OCc1ccc(OC)cc1)C(C)(C)C#CC(O)C[C@H](C[C@@H](OC)[C@H](OCOC)C(=O)OC)O[Si](CC)(CC)CC)OC)OCc1ccc(OC)cc1)CO[Si](C(C)C)(C(C)C)C(C)C. The van der Waals surface area contributed by atoms with Crippen molar-refractivity contribution in [3.05, 3.63) is 71.3 Å². The maximum Gasteiger partial charge on any atom is 0.337 e. The predicted octanol–water partition coefficient (Wildman–Crippen LogP) is 12.9. The van der Waals surface area contributed by atoms with Gasteiger partial charge in [0.2, 0.25) is 0 Å². The lowest BCUT2D eigenvalue weighted by atomic mass is 9.82. The number of hydrogen-bond donors (Lipinski definition) is 1. The maximum atomic E-state index is 13.0. The van der Waals surface area contributed by atoms with E-state index in [1.165, 1.54) is 21.3 Å². The van der Waals surface area contributed by atoms with Gasteiger partial charge in [0.15, 0.2) is 22.7 Å². The summed E-state index contributed by atoms with van der Waals surface area (Å²) in [6.07, 6.45) is 0.378. The molecule has 8 atom stereocenters. The minimum absolute atomic E-state index is 0.128. The first kappa shape index (κ1) is 68.0. The third-order valence-corrected chi connectivity index (χ3v) is 26.2. The Morgan fingerprint density at radius 3 is 1.67 bits per heavy atom. The van der Waals surface area contributed by atoms with Crippen molar-refractivity contribution in [1.29, 1.82) is 0 Å². The zero-order valence-electron chi connectivity index (χ0n) is 49.9. The maximum absolute atomic E-state index is 13.0. The highest BCUT2D eigenvalue weighted by molar-refractivity contribution is 6.77. The molecule has 0 bridgehead atoms. The second kappa shape index (κ2) is 34.7. The Labute approximate surface area is 457 Å². The first-order valence-corrected chi connectivity index (χ1v) is 32.2. The van der Waals surface area contributed by atoms with Crippen LogP contribution in [0.1, 0.15) is 133 Å². The van der Waals surface area contributed by atoms with Crippen LogP contribution < -0.4 is 9.47 Å². The summed E-state index contributed by atoms with van der Waals surface area (Å²) in [5, 5.41) is 11.9. The van der Waals surface area contributed by atoms with Crippen molar-refractivity contribution >= 4 is 22.6 Å². The van der Waals surface area contributed by atoms with Gasteiger partial charge in [-0.2, -0.15) is 0 Å². The number of ether oxygens (including phenoxy) is 9. The van der Waals surface area contributed by atoms with Crippen LogP contribution in [0.5, 0.6) is 11.5 Å². The number of methoxy groups -OCH3 is 6. The van der Waals surface area contributed by atoms with E-state index in [0.29, 0.717) is 49.3 Å². The molecule has 0 aromatic heterocycles. The van der Waals surface area contributed by atoms with Crippen LogP contribution in [0.2, 0.25) is 34.8 Å². The molecule has 0 radical (unpaired) electrons. The average molecular weight is 1090 g/mol. The molecule has 1 N–H and O–H groups in total. The van der Waals surface area contributed by atoms with E-state index in [2.05, 4.69) is 94.1 Å². The lowest BCUT2D eigenvalue weighted by Gasteiger charge is -2.43. The second-order valence-corrected chi connectivity index (χ2v) is 31.8. The summed E-state index contributed by atoms with van der Waals surface area (Å²) in [5.41, 5.74) is 3.84. The van der Waals surface area contributed by atoms with Crippen LogP contribution in [-0.2, 0) is 60.0 Å². The van der Waals surface area contributed by atoms with E-state index in [9.17, 15) is 9.90 Å². The zero-order valence-corrected chi connectivity index (χ0v) is 51.9. The minimum Gasteiger partial charge on any atom is -0.497 e. The molecule has 428 valence electrons. The lowest BCUT2D eigenvalue weighted by molar-refractivity contribution is -0.178. The molecule has 2 aromatic rings. The molecule has 0 aliphatic rings. The molecule has 1 unspecified atom stereocenters. The Balaban J connectivity index is 2.64. The largest absolute Gasteiger partial charge is 0.497 e. The molecule has 2 aromatic carbocycles. The first-order valence-electron chi connectivity index (χ1n) is 27.6. The fourth-order valence-corrected chi connectivity index (χ4v) is 18.9. The monoisotopic (exact) mass is 1090 g/mol. The highest BCUT2D eigenvalue weighted by atomic mass is 28.4. The molecule has 0 saturated carbocycles. The van der Waals surface area contributed by atoms with Crippen LogP contribution in [0.3, 0.4) is 0 Å². The van der Waals surface area contributed by atoms with Gasteiger partial charge in [0, 0.05) is 53.6 Å². The fourth-order valence-electron chi connectivity index (χ4n) is 10.5. The standard InChI is InChI=1S/C60H102O13Si2/c1-20-47(41-72-75(43(5)6,44(7)8)45(9)10)34-46(11)55(69-39-48-24-28-51(64-15)29-25-48)36-53(66-17)38-57(70-40-49-26-30-52(65-16)31-27-49)60(12,13)33-32-50(61)35-54(73-74(21-2,22-3)23-4)37-56(67-18)58(59(62)68-19)71-42-63-14/h24-31,34,43-45,47,50,53-58,61H,20-23,35-42H2,1-19H3/b46-34-/t47-,50?,53+,54+,55-,56+,57-,58-/m0/s1. The number of rotatable bonds is 38. The summed E-state index contributed by atoms with van der Waals surface area (Å²) in [7, 11) is 5.08. The van der Waals surface area contributed by atoms with Gasteiger partial charge in [-0.3, -0.25) is 0 Å². The fraction of sp³-hybridized carbons (Fsp3) is 0.717. The van der Waals surface area contributed by atoms with E-state index in [1.54, 1.807) is 21.3 Å². The van der Waals surface area contributed by atoms with E-state index < -0.39 is 58.5 Å². The van der Waals surface area contributed by atoms with Crippen LogP contribution in [0, 0.1) is 23.2 Å². The van der Waals surface area contributed by atoms with Crippen molar-refractivity contribution in [2.24, 2.45) is 11.3 Å². The number of carbonyl (C=O) groups excluding carboxylic acids is 1. The minimum atomic E-state index is -2.22. The predicted molar refractivity (Wildman–Crippen MR) is 306 cm³/mol. The van der Waals surface area contributed by atoms with Gasteiger partial charge in [0.1, 0.15) is 24.4 Å². The Kier molecular flexibility index (Phi) is 31.5. The number of aliphatic hydroxyl groups excluding tert-OH is 1. The van der Waals surface area contributed by atoms with Gasteiger partial charge in [-0.25, -0.2) is 4.79 Å². The molecule has 13 nitrogen and oxygen atoms in total. The van der Waals surface area contributed by atoms with Crippen molar-refractivity contribution in [2.75, 3.05) is 56.1 Å². The quantitative estimate of drug-likeness (QED) is 0.0225. The number of benzene rings is 2. The topological polar surface area (TPSA) is 139 Å². The number of carbonyl (C=O) groups is 1. The molecular weight excluding hydrogens is 985 g/mol. The van der Waals surface area contributed by atoms with Crippen molar-refractivity contribution in [3.8, 4) is 23.3 Å². The zero-order chi connectivity index (χ0) is 56.4. The molecule has 2 rings (SSSR count). The Hall–Kier alpha value is -3.12. The van der Waals surface area contributed by atoms with Crippen LogP contribution in [0.4, 0.5) is 0 Å². The first-order chi connectivity index (χ1) is 35.6. The van der Waals surface area contributed by atoms with Crippen LogP contribution in [0.15, 0.2) is 60.2 Å². The van der Waals surface area contributed by atoms with Gasteiger partial charge >= 0.3 is 5.97 Å². The molecule has 0 aliphatic heterocycles. The average Bonchev–Trinajstić information content (AvgIpc) is 3.40. The molecule has 0 amide bonds. The molecular formula is C60H102O13Si2. The number of hydrogen-bond acceptors (Lipinski definition) is 13. The summed E-state index contributed by atoms with van der Waals surface area (Å²) in [6, 6.07) is 18.5. The third-order valence-electron chi connectivity index (χ3n) is 15.4. The lowest BCUT2D eigenvalue weighted by Crippen LogP contribution is -2.48. The van der Waals surface area contributed by atoms with Crippen molar-refractivity contribution in [1.82, 2.24) is 0 Å². The Morgan fingerprint density at radius 2 is 1.23 bits per heavy atom. The summed E-state index contributed by atoms with van der Waals surface area (Å²) >= 11 is 0. The highest BCUT2D eigenvalue weighted by Gasteiger charge is 2.45. The normalized spacial score (nSPS) is 16.0. The van der Waals surface area contributed by atoms with Crippen molar-refractivity contribution in [2.45, 2.75) is 213 Å². The van der Waals surface area contributed by atoms with Gasteiger partial charge in [-0.1, -0.05) is 111 Å². The Bertz CT molecular complexity index is 1930. The third kappa shape index (κ3) is 21.6. The molecule has 75 heavy (non-hydrogen) atoms. The van der Waals surface area contributed by atoms with Crippen LogP contribution >= 0.6 is 0 Å². The summed E-state index contributed by atoms with van der Waals surface area (Å²) in [5.74, 6) is 7.84. The van der Waals surface area contributed by atoms with E-state index in [-0.39, 0.29) is 37.8 Å². The summed E-state index contributed by atoms with van der Waals surface area (Å²) in [4.78, 5) is 13.0. The molecule has 0 saturated heterocycles. The molecule has 0 aliphatic carbocycles. The summed E-state index contributed by atoms with van der Waals surface area (Å²) < 4.78 is 67.1. The van der Waals surface area contributed by atoms with Gasteiger partial charge in [-0.15, -0.1) is 0 Å². The van der Waals surface area contributed by atoms with Gasteiger partial charge < -0.3 is 56.6 Å². The van der Waals surface area contributed by atoms with Crippen LogP contribution in [-0.4, -0.2) is 126 Å². The molecule has 15 heteroatoms. The second-order valence-electron chi connectivity index (χ2n) is 21.6. The van der Waals surface area contributed by atoms with E-state index in [0.717, 1.165) is 52.8 Å². The number of aliphatic hydroxyl groups is 1. The van der Waals surface area contributed by atoms with Crippen molar-refractivity contribution in [3.63, 3.8) is 0 Å².